The first-order chi connectivity index (χ1) is 6.29. The van der Waals surface area contributed by atoms with E-state index in [0.717, 1.165) is 11.9 Å². The predicted octanol–water partition coefficient (Wildman–Crippen LogP) is 2.99. The summed E-state index contributed by atoms with van der Waals surface area (Å²) >= 11 is 0. The second kappa shape index (κ2) is 7.04. The smallest absolute Gasteiger partial charge is 0.150 e. The first kappa shape index (κ1) is 11.4. The molecule has 0 aliphatic heterocycles. The van der Waals surface area contributed by atoms with Crippen molar-refractivity contribution in [2.24, 2.45) is 0 Å². The number of carbonyl (C=O) groups is 1. The van der Waals surface area contributed by atoms with Crippen LogP contribution in [-0.2, 0) is 4.79 Å². The summed E-state index contributed by atoms with van der Waals surface area (Å²) in [6, 6.07) is 0. The second-order valence-electron chi connectivity index (χ2n) is 2.33. The molecule has 0 aromatic carbocycles. The Hall–Kier alpha value is -1.63. The minimum absolute atomic E-state index is 0.605. The van der Waals surface area contributed by atoms with Gasteiger partial charge in [-0.1, -0.05) is 49.6 Å². The summed E-state index contributed by atoms with van der Waals surface area (Å²) in [6.45, 7) is 9.02. The predicted molar refractivity (Wildman–Crippen MR) is 57.4 cm³/mol. The highest BCUT2D eigenvalue weighted by Crippen LogP contribution is 2.09. The number of aldehydes is 1. The highest BCUT2D eigenvalue weighted by atomic mass is 16.1. The lowest BCUT2D eigenvalue weighted by Crippen LogP contribution is -1.87. The van der Waals surface area contributed by atoms with E-state index in [0.29, 0.717) is 5.57 Å². The van der Waals surface area contributed by atoms with Gasteiger partial charge in [0.25, 0.3) is 0 Å². The fourth-order valence-electron chi connectivity index (χ4n) is 0.885. The molecule has 13 heavy (non-hydrogen) atoms. The lowest BCUT2D eigenvalue weighted by atomic mass is 10.1. The molecular formula is C12H14O. The standard InChI is InChI=1S/C12H14O/c1-4-7-11(8-5-2)12(10-13)9-6-3/h4-10H,1,3H2,2H3/b8-5-,11-7-,12-9-. The maximum atomic E-state index is 10.7. The molecule has 68 valence electrons. The Morgan fingerprint density at radius 1 is 1.08 bits per heavy atom. The molecule has 1 nitrogen and oxygen atoms in total. The van der Waals surface area contributed by atoms with Crippen molar-refractivity contribution < 1.29 is 4.79 Å². The van der Waals surface area contributed by atoms with Gasteiger partial charge < -0.3 is 0 Å². The number of allylic oxidation sites excluding steroid dienone is 8. The van der Waals surface area contributed by atoms with Gasteiger partial charge in [-0.3, -0.25) is 4.79 Å². The van der Waals surface area contributed by atoms with Gasteiger partial charge in [-0.2, -0.15) is 0 Å². The molecule has 0 aromatic rings. The van der Waals surface area contributed by atoms with Crippen molar-refractivity contribution in [3.63, 3.8) is 0 Å². The van der Waals surface area contributed by atoms with Crippen LogP contribution in [0.1, 0.15) is 6.92 Å². The lowest BCUT2D eigenvalue weighted by Gasteiger charge is -1.97. The van der Waals surface area contributed by atoms with Crippen molar-refractivity contribution in [1.82, 2.24) is 0 Å². The Bertz CT molecular complexity index is 277. The monoisotopic (exact) mass is 174 g/mol. The summed E-state index contributed by atoms with van der Waals surface area (Å²) < 4.78 is 0. The van der Waals surface area contributed by atoms with Gasteiger partial charge in [0, 0.05) is 5.57 Å². The number of carbonyl (C=O) groups excluding carboxylic acids is 1. The third-order valence-electron chi connectivity index (χ3n) is 1.40. The van der Waals surface area contributed by atoms with E-state index in [4.69, 9.17) is 0 Å². The molecule has 0 aliphatic carbocycles. The highest BCUT2D eigenvalue weighted by Gasteiger charge is 1.96. The Morgan fingerprint density at radius 3 is 2.00 bits per heavy atom. The maximum Gasteiger partial charge on any atom is 0.150 e. The van der Waals surface area contributed by atoms with Gasteiger partial charge in [-0.15, -0.1) is 0 Å². The molecule has 0 saturated heterocycles. The van der Waals surface area contributed by atoms with Crippen LogP contribution in [0, 0.1) is 0 Å². The molecule has 0 bridgehead atoms. The number of rotatable bonds is 5. The Labute approximate surface area is 79.5 Å². The Kier molecular flexibility index (Phi) is 6.16. The largest absolute Gasteiger partial charge is 0.298 e. The van der Waals surface area contributed by atoms with E-state index in [-0.39, 0.29) is 0 Å². The summed E-state index contributed by atoms with van der Waals surface area (Å²) in [5.41, 5.74) is 1.44. The lowest BCUT2D eigenvalue weighted by molar-refractivity contribution is -0.104. The van der Waals surface area contributed by atoms with Gasteiger partial charge in [-0.25, -0.2) is 0 Å². The zero-order valence-electron chi connectivity index (χ0n) is 7.86. The molecule has 0 amide bonds. The molecule has 0 aromatic heterocycles. The average molecular weight is 174 g/mol. The normalized spacial score (nSPS) is 13.0. The van der Waals surface area contributed by atoms with Crippen molar-refractivity contribution >= 4 is 6.29 Å². The average Bonchev–Trinajstić information content (AvgIpc) is 2.14. The molecule has 0 rings (SSSR count). The first-order valence-corrected chi connectivity index (χ1v) is 4.03. The van der Waals surface area contributed by atoms with Gasteiger partial charge in [0.1, 0.15) is 0 Å². The van der Waals surface area contributed by atoms with E-state index in [9.17, 15) is 4.79 Å². The van der Waals surface area contributed by atoms with Crippen molar-refractivity contribution in [2.45, 2.75) is 6.92 Å². The molecule has 0 radical (unpaired) electrons. The van der Waals surface area contributed by atoms with Gasteiger partial charge in [-0.05, 0) is 12.5 Å². The third kappa shape index (κ3) is 4.06. The van der Waals surface area contributed by atoms with Gasteiger partial charge in [0.2, 0.25) is 0 Å². The zero-order valence-corrected chi connectivity index (χ0v) is 7.86. The fourth-order valence-corrected chi connectivity index (χ4v) is 0.885. The van der Waals surface area contributed by atoms with Crippen LogP contribution in [0.2, 0.25) is 0 Å². The van der Waals surface area contributed by atoms with Crippen LogP contribution in [0.3, 0.4) is 0 Å². The summed E-state index contributed by atoms with van der Waals surface area (Å²) in [5.74, 6) is 0. The Balaban J connectivity index is 5.01. The van der Waals surface area contributed by atoms with Gasteiger partial charge in [0.15, 0.2) is 6.29 Å². The van der Waals surface area contributed by atoms with E-state index in [2.05, 4.69) is 13.2 Å². The molecule has 0 N–H and O–H groups in total. The molecule has 0 unspecified atom stereocenters. The number of hydrogen-bond acceptors (Lipinski definition) is 1. The van der Waals surface area contributed by atoms with Crippen molar-refractivity contribution in [3.05, 3.63) is 60.8 Å². The van der Waals surface area contributed by atoms with Crippen molar-refractivity contribution in [3.8, 4) is 0 Å². The van der Waals surface area contributed by atoms with Crippen molar-refractivity contribution in [2.75, 3.05) is 0 Å². The summed E-state index contributed by atoms with van der Waals surface area (Å²) in [4.78, 5) is 10.7. The van der Waals surface area contributed by atoms with Crippen LogP contribution in [-0.4, -0.2) is 6.29 Å². The quantitative estimate of drug-likeness (QED) is 0.356. The molecular weight excluding hydrogens is 160 g/mol. The van der Waals surface area contributed by atoms with Crippen molar-refractivity contribution in [1.29, 1.82) is 0 Å². The molecule has 0 spiro atoms. The summed E-state index contributed by atoms with van der Waals surface area (Å²) in [6.07, 6.45) is 11.2. The van der Waals surface area contributed by atoms with Crippen LogP contribution in [0.15, 0.2) is 60.8 Å². The maximum absolute atomic E-state index is 10.7. The first-order valence-electron chi connectivity index (χ1n) is 4.03. The zero-order chi connectivity index (χ0) is 10.1. The highest BCUT2D eigenvalue weighted by molar-refractivity contribution is 5.82. The molecule has 1 heteroatoms. The van der Waals surface area contributed by atoms with E-state index < -0.39 is 0 Å². The summed E-state index contributed by atoms with van der Waals surface area (Å²) in [5, 5.41) is 0. The van der Waals surface area contributed by atoms with E-state index in [1.807, 2.05) is 19.1 Å². The SMILES string of the molecule is C=C/C=C(/C=C\C)C(\C=O)=C/C=C. The molecule has 0 atom stereocenters. The van der Waals surface area contributed by atoms with Crippen LogP contribution in [0.5, 0.6) is 0 Å². The van der Waals surface area contributed by atoms with Gasteiger partial charge in [0.05, 0.1) is 0 Å². The summed E-state index contributed by atoms with van der Waals surface area (Å²) in [7, 11) is 0. The van der Waals surface area contributed by atoms with E-state index >= 15 is 0 Å². The van der Waals surface area contributed by atoms with E-state index in [1.165, 1.54) is 0 Å². The minimum atomic E-state index is 0.605. The third-order valence-corrected chi connectivity index (χ3v) is 1.40. The van der Waals surface area contributed by atoms with Crippen LogP contribution >= 0.6 is 0 Å². The minimum Gasteiger partial charge on any atom is -0.298 e. The number of hydrogen-bond donors (Lipinski definition) is 0. The molecule has 0 aliphatic rings. The van der Waals surface area contributed by atoms with Gasteiger partial charge >= 0.3 is 0 Å². The molecule has 0 saturated carbocycles. The second-order valence-corrected chi connectivity index (χ2v) is 2.33. The Morgan fingerprint density at radius 2 is 1.62 bits per heavy atom. The van der Waals surface area contributed by atoms with Crippen LogP contribution in [0.25, 0.3) is 0 Å². The van der Waals surface area contributed by atoms with Crippen LogP contribution in [0.4, 0.5) is 0 Å². The molecule has 0 heterocycles. The van der Waals surface area contributed by atoms with E-state index in [1.54, 1.807) is 24.3 Å². The topological polar surface area (TPSA) is 17.1 Å². The van der Waals surface area contributed by atoms with Crippen LogP contribution < -0.4 is 0 Å². The fraction of sp³-hybridized carbons (Fsp3) is 0.0833. The molecule has 0 fully saturated rings.